The van der Waals surface area contributed by atoms with Crippen molar-refractivity contribution in [1.29, 1.82) is 0 Å². The molecule has 0 unspecified atom stereocenters. The Morgan fingerprint density at radius 3 is 1.28 bits per heavy atom. The van der Waals surface area contributed by atoms with Crippen LogP contribution in [0.4, 0.5) is 0 Å². The van der Waals surface area contributed by atoms with Gasteiger partial charge in [0, 0.05) is 19.1 Å². The molecular weight excluding hydrogens is 392 g/mol. The first-order valence-electron chi connectivity index (χ1n) is 12.3. The lowest BCUT2D eigenvalue weighted by atomic mass is 9.75. The molecule has 0 aromatic heterocycles. The molecule has 2 N–H and O–H groups in total. The summed E-state index contributed by atoms with van der Waals surface area (Å²) in [6.45, 7) is 21.1. The summed E-state index contributed by atoms with van der Waals surface area (Å²) in [5, 5.41) is 18.8. The molecule has 0 aliphatic rings. The highest BCUT2D eigenvalue weighted by Gasteiger charge is 2.25. The molecule has 0 spiro atoms. The first-order valence-corrected chi connectivity index (χ1v) is 12.3. The van der Waals surface area contributed by atoms with Crippen LogP contribution in [0.3, 0.4) is 0 Å². The van der Waals surface area contributed by atoms with Gasteiger partial charge in [-0.05, 0) is 94.9 Å². The Labute approximate surface area is 197 Å². The largest absolute Gasteiger partial charge is 0.396 e. The molecule has 0 heterocycles. The predicted octanol–water partition coefficient (Wildman–Crippen LogP) is 6.90. The fourth-order valence-electron chi connectivity index (χ4n) is 5.08. The number of aliphatic hydroxyl groups is 2. The second-order valence-corrected chi connectivity index (χ2v) is 11.6. The third kappa shape index (κ3) is 6.23. The van der Waals surface area contributed by atoms with Crippen molar-refractivity contribution < 1.29 is 10.2 Å². The number of benzene rings is 2. The summed E-state index contributed by atoms with van der Waals surface area (Å²) in [5.41, 5.74) is 11.2. The Morgan fingerprint density at radius 1 is 0.656 bits per heavy atom. The standard InChI is InChI=1S/C30H46O2/c1-20(25-16-23(12-10-14-31)18-27(21(25)2)29(4,5)6)26-17-24(13-11-15-32)19-28(22(26)3)30(7,8)9/h16-20,31-32H,10-15H2,1-9H3. The smallest absolute Gasteiger partial charge is 0.0434 e. The van der Waals surface area contributed by atoms with Crippen LogP contribution >= 0.6 is 0 Å². The fraction of sp³-hybridized carbons (Fsp3) is 0.600. The molecule has 0 aliphatic heterocycles. The van der Waals surface area contributed by atoms with Gasteiger partial charge in [0.2, 0.25) is 0 Å². The van der Waals surface area contributed by atoms with Crippen molar-refractivity contribution >= 4 is 0 Å². The van der Waals surface area contributed by atoms with E-state index < -0.39 is 0 Å². The van der Waals surface area contributed by atoms with Crippen molar-refractivity contribution in [2.75, 3.05) is 13.2 Å². The molecule has 0 saturated carbocycles. The lowest BCUT2D eigenvalue weighted by Crippen LogP contribution is -2.18. The van der Waals surface area contributed by atoms with Crippen LogP contribution in [-0.4, -0.2) is 23.4 Å². The van der Waals surface area contributed by atoms with Crippen molar-refractivity contribution in [1.82, 2.24) is 0 Å². The highest BCUT2D eigenvalue weighted by Crippen LogP contribution is 2.39. The predicted molar refractivity (Wildman–Crippen MR) is 138 cm³/mol. The fourth-order valence-corrected chi connectivity index (χ4v) is 5.08. The van der Waals surface area contributed by atoms with Crippen LogP contribution in [0.2, 0.25) is 0 Å². The van der Waals surface area contributed by atoms with Gasteiger partial charge in [0.1, 0.15) is 0 Å². The van der Waals surface area contributed by atoms with Crippen LogP contribution in [0.1, 0.15) is 112 Å². The molecule has 2 heteroatoms. The third-order valence-electron chi connectivity index (χ3n) is 6.81. The second-order valence-electron chi connectivity index (χ2n) is 11.6. The van der Waals surface area contributed by atoms with E-state index in [1.54, 1.807) is 0 Å². The lowest BCUT2D eigenvalue weighted by Gasteiger charge is -2.30. The minimum atomic E-state index is 0.0718. The molecule has 2 aromatic carbocycles. The van der Waals surface area contributed by atoms with Gasteiger partial charge in [-0.15, -0.1) is 0 Å². The number of hydrogen-bond acceptors (Lipinski definition) is 2. The maximum atomic E-state index is 9.39. The average molecular weight is 439 g/mol. The van der Waals surface area contributed by atoms with Gasteiger partial charge in [-0.2, -0.15) is 0 Å². The van der Waals surface area contributed by atoms with E-state index in [0.29, 0.717) is 0 Å². The summed E-state index contributed by atoms with van der Waals surface area (Å²) in [5.74, 6) is 0.278. The van der Waals surface area contributed by atoms with Gasteiger partial charge >= 0.3 is 0 Å². The van der Waals surface area contributed by atoms with Gasteiger partial charge in [-0.3, -0.25) is 0 Å². The van der Waals surface area contributed by atoms with Crippen LogP contribution in [0, 0.1) is 13.8 Å². The summed E-state index contributed by atoms with van der Waals surface area (Å²) >= 11 is 0. The monoisotopic (exact) mass is 438 g/mol. The summed E-state index contributed by atoms with van der Waals surface area (Å²) < 4.78 is 0. The van der Waals surface area contributed by atoms with Crippen molar-refractivity contribution in [2.24, 2.45) is 0 Å². The first-order chi connectivity index (χ1) is 14.8. The van der Waals surface area contributed by atoms with E-state index in [-0.39, 0.29) is 30.0 Å². The molecule has 0 bridgehead atoms. The first kappa shape index (κ1) is 26.6. The maximum absolute atomic E-state index is 9.39. The molecule has 32 heavy (non-hydrogen) atoms. The zero-order valence-corrected chi connectivity index (χ0v) is 22.0. The van der Waals surface area contributed by atoms with E-state index in [1.165, 1.54) is 44.5 Å². The lowest BCUT2D eigenvalue weighted by molar-refractivity contribution is 0.288. The van der Waals surface area contributed by atoms with E-state index in [2.05, 4.69) is 86.6 Å². The van der Waals surface area contributed by atoms with Gasteiger partial charge in [-0.25, -0.2) is 0 Å². The van der Waals surface area contributed by atoms with Crippen molar-refractivity contribution in [3.8, 4) is 0 Å². The Hall–Kier alpha value is -1.64. The maximum Gasteiger partial charge on any atom is 0.0434 e. The number of rotatable bonds is 8. The normalized spacial score (nSPS) is 12.6. The van der Waals surface area contributed by atoms with Gasteiger partial charge in [-0.1, -0.05) is 72.7 Å². The van der Waals surface area contributed by atoms with Crippen LogP contribution in [-0.2, 0) is 23.7 Å². The molecule has 0 amide bonds. The van der Waals surface area contributed by atoms with Gasteiger partial charge in [0.05, 0.1) is 0 Å². The molecular formula is C30H46O2. The van der Waals surface area contributed by atoms with Crippen molar-refractivity contribution in [3.05, 3.63) is 68.8 Å². The zero-order valence-electron chi connectivity index (χ0n) is 22.0. The number of aliphatic hydroxyl groups excluding tert-OH is 2. The number of aryl methyl sites for hydroxylation is 2. The zero-order chi connectivity index (χ0) is 24.3. The van der Waals surface area contributed by atoms with E-state index in [1.807, 2.05) is 0 Å². The minimum absolute atomic E-state index is 0.0718. The summed E-state index contributed by atoms with van der Waals surface area (Å²) in [4.78, 5) is 0. The summed E-state index contributed by atoms with van der Waals surface area (Å²) in [6.07, 6.45) is 3.40. The van der Waals surface area contributed by atoms with Gasteiger partial charge in [0.15, 0.2) is 0 Å². The van der Waals surface area contributed by atoms with E-state index in [9.17, 15) is 10.2 Å². The molecule has 0 radical (unpaired) electrons. The van der Waals surface area contributed by atoms with E-state index in [0.717, 1.165) is 25.7 Å². The van der Waals surface area contributed by atoms with Gasteiger partial charge < -0.3 is 10.2 Å². The number of hydrogen-bond donors (Lipinski definition) is 2. The van der Waals surface area contributed by atoms with Crippen LogP contribution < -0.4 is 0 Å². The van der Waals surface area contributed by atoms with Crippen molar-refractivity contribution in [2.45, 2.75) is 105 Å². The Kier molecular flexibility index (Phi) is 8.76. The van der Waals surface area contributed by atoms with E-state index in [4.69, 9.17) is 0 Å². The Bertz CT molecular complexity index is 834. The SMILES string of the molecule is Cc1c(C(C)c2cc(CCCO)cc(C(C)(C)C)c2C)cc(CCCO)cc1C(C)(C)C. The Morgan fingerprint density at radius 2 is 1.00 bits per heavy atom. The minimum Gasteiger partial charge on any atom is -0.396 e. The Balaban J connectivity index is 2.71. The molecule has 2 rings (SSSR count). The molecule has 0 saturated heterocycles. The summed E-state index contributed by atoms with van der Waals surface area (Å²) in [7, 11) is 0. The molecule has 2 aromatic rings. The average Bonchev–Trinajstić information content (AvgIpc) is 2.69. The molecule has 0 fully saturated rings. The van der Waals surface area contributed by atoms with E-state index >= 15 is 0 Å². The highest BCUT2D eigenvalue weighted by molar-refractivity contribution is 5.51. The summed E-state index contributed by atoms with van der Waals surface area (Å²) in [6, 6.07) is 9.46. The van der Waals surface area contributed by atoms with Gasteiger partial charge in [0.25, 0.3) is 0 Å². The van der Waals surface area contributed by atoms with Crippen LogP contribution in [0.5, 0.6) is 0 Å². The molecule has 178 valence electrons. The molecule has 0 aliphatic carbocycles. The third-order valence-corrected chi connectivity index (χ3v) is 6.81. The topological polar surface area (TPSA) is 40.5 Å². The van der Waals surface area contributed by atoms with Crippen molar-refractivity contribution in [3.63, 3.8) is 0 Å². The molecule has 0 atom stereocenters. The quantitative estimate of drug-likeness (QED) is 0.470. The van der Waals surface area contributed by atoms with Crippen LogP contribution in [0.15, 0.2) is 24.3 Å². The van der Waals surface area contributed by atoms with Crippen LogP contribution in [0.25, 0.3) is 0 Å². The second kappa shape index (κ2) is 10.5. The highest BCUT2D eigenvalue weighted by atomic mass is 16.3. The molecule has 2 nitrogen and oxygen atoms in total.